The van der Waals surface area contributed by atoms with Crippen LogP contribution in [0.2, 0.25) is 0 Å². The highest BCUT2D eigenvalue weighted by Gasteiger charge is 2.40. The van der Waals surface area contributed by atoms with Crippen LogP contribution in [0.3, 0.4) is 0 Å². The summed E-state index contributed by atoms with van der Waals surface area (Å²) in [5.74, 6) is -0.925. The molecule has 0 radical (unpaired) electrons. The van der Waals surface area contributed by atoms with Crippen LogP contribution in [0.4, 0.5) is 0 Å². The van der Waals surface area contributed by atoms with Crippen molar-refractivity contribution < 1.29 is 14.7 Å². The summed E-state index contributed by atoms with van der Waals surface area (Å²) >= 11 is 0. The lowest BCUT2D eigenvalue weighted by Crippen LogP contribution is -2.46. The number of carbonyl (C=O) groups is 2. The Balaban J connectivity index is 2.14. The summed E-state index contributed by atoms with van der Waals surface area (Å²) in [7, 11) is 1.76. The second kappa shape index (κ2) is 4.41. The average molecular weight is 226 g/mol. The van der Waals surface area contributed by atoms with E-state index in [1.54, 1.807) is 11.9 Å². The number of likely N-dealkylation sites (N-methyl/N-ethyl adjacent to an activating group) is 1. The zero-order chi connectivity index (χ0) is 11.7. The topological polar surface area (TPSA) is 60.9 Å². The lowest BCUT2D eigenvalue weighted by atomic mass is 10.1. The number of rotatable bonds is 3. The molecule has 2 fully saturated rings. The van der Waals surface area contributed by atoms with Crippen LogP contribution in [0.15, 0.2) is 0 Å². The summed E-state index contributed by atoms with van der Waals surface area (Å²) in [5, 5.41) is 8.88. The number of hydrogen-bond donors (Lipinski definition) is 1. The summed E-state index contributed by atoms with van der Waals surface area (Å²) in [4.78, 5) is 26.6. The molecule has 1 aliphatic carbocycles. The molecule has 1 saturated heterocycles. The number of carboxylic acids is 1. The molecule has 0 bridgehead atoms. The van der Waals surface area contributed by atoms with Gasteiger partial charge in [0.15, 0.2) is 0 Å². The SMILES string of the molecule is CN1CCCN(C2CC2)C(CC(=O)O)C1=O. The molecule has 1 amide bonds. The van der Waals surface area contributed by atoms with Crippen molar-refractivity contribution in [3.05, 3.63) is 0 Å². The van der Waals surface area contributed by atoms with Crippen molar-refractivity contribution in [1.29, 1.82) is 0 Å². The molecule has 1 saturated carbocycles. The van der Waals surface area contributed by atoms with Crippen LogP contribution in [-0.4, -0.2) is 59.0 Å². The molecule has 0 spiro atoms. The highest BCUT2D eigenvalue weighted by molar-refractivity contribution is 5.86. The van der Waals surface area contributed by atoms with Gasteiger partial charge >= 0.3 is 5.97 Å². The van der Waals surface area contributed by atoms with Gasteiger partial charge in [-0.2, -0.15) is 0 Å². The first-order valence-electron chi connectivity index (χ1n) is 5.82. The molecule has 1 unspecified atom stereocenters. The molecule has 2 aliphatic rings. The second-order valence-corrected chi connectivity index (χ2v) is 4.70. The quantitative estimate of drug-likeness (QED) is 0.744. The number of nitrogens with zero attached hydrogens (tertiary/aromatic N) is 2. The van der Waals surface area contributed by atoms with Gasteiger partial charge in [-0.1, -0.05) is 0 Å². The Kier molecular flexibility index (Phi) is 3.14. The van der Waals surface area contributed by atoms with Gasteiger partial charge in [0.1, 0.15) is 6.04 Å². The lowest BCUT2D eigenvalue weighted by Gasteiger charge is -2.28. The summed E-state index contributed by atoms with van der Waals surface area (Å²) < 4.78 is 0. The fourth-order valence-electron chi connectivity index (χ4n) is 2.37. The molecule has 1 atom stereocenters. The first kappa shape index (κ1) is 11.4. The third-order valence-corrected chi connectivity index (χ3v) is 3.36. The molecule has 5 nitrogen and oxygen atoms in total. The number of aliphatic carboxylic acids is 1. The van der Waals surface area contributed by atoms with Crippen molar-refractivity contribution in [2.45, 2.75) is 37.8 Å². The minimum Gasteiger partial charge on any atom is -0.481 e. The summed E-state index contributed by atoms with van der Waals surface area (Å²) in [6, 6.07) is -0.00250. The van der Waals surface area contributed by atoms with Gasteiger partial charge in [-0.15, -0.1) is 0 Å². The van der Waals surface area contributed by atoms with Crippen LogP contribution >= 0.6 is 0 Å². The molecule has 1 N–H and O–H groups in total. The summed E-state index contributed by atoms with van der Waals surface area (Å²) in [6.07, 6.45) is 3.08. The molecule has 1 aliphatic heterocycles. The van der Waals surface area contributed by atoms with Gasteiger partial charge in [0.25, 0.3) is 0 Å². The van der Waals surface area contributed by atoms with Crippen LogP contribution in [0.25, 0.3) is 0 Å². The maximum Gasteiger partial charge on any atom is 0.305 e. The third-order valence-electron chi connectivity index (χ3n) is 3.36. The van der Waals surface area contributed by atoms with Crippen molar-refractivity contribution in [2.24, 2.45) is 0 Å². The van der Waals surface area contributed by atoms with Gasteiger partial charge in [-0.25, -0.2) is 0 Å². The van der Waals surface area contributed by atoms with Gasteiger partial charge in [-0.05, 0) is 19.3 Å². The zero-order valence-corrected chi connectivity index (χ0v) is 9.56. The van der Waals surface area contributed by atoms with E-state index in [1.165, 1.54) is 0 Å². The average Bonchev–Trinajstić information content (AvgIpc) is 3.02. The monoisotopic (exact) mass is 226 g/mol. The largest absolute Gasteiger partial charge is 0.481 e. The van der Waals surface area contributed by atoms with Crippen LogP contribution in [-0.2, 0) is 9.59 Å². The van der Waals surface area contributed by atoms with Gasteiger partial charge in [0.2, 0.25) is 5.91 Å². The molecular weight excluding hydrogens is 208 g/mol. The highest BCUT2D eigenvalue weighted by atomic mass is 16.4. The molecular formula is C11H18N2O3. The van der Waals surface area contributed by atoms with E-state index in [9.17, 15) is 9.59 Å². The maximum absolute atomic E-state index is 12.0. The standard InChI is InChI=1S/C11H18N2O3/c1-12-5-2-6-13(8-3-4-8)9(11(12)16)7-10(14)15/h8-9H,2-7H2,1H3,(H,14,15). The highest BCUT2D eigenvalue weighted by Crippen LogP contribution is 2.31. The van der Waals surface area contributed by atoms with Gasteiger partial charge in [-0.3, -0.25) is 14.5 Å². The van der Waals surface area contributed by atoms with Crippen molar-refractivity contribution >= 4 is 11.9 Å². The van der Waals surface area contributed by atoms with Crippen molar-refractivity contribution in [1.82, 2.24) is 9.80 Å². The van der Waals surface area contributed by atoms with Gasteiger partial charge < -0.3 is 10.0 Å². The zero-order valence-electron chi connectivity index (χ0n) is 9.56. The molecule has 5 heteroatoms. The number of hydrogen-bond acceptors (Lipinski definition) is 3. The first-order valence-corrected chi connectivity index (χ1v) is 5.82. The predicted octanol–water partition coefficient (Wildman–Crippen LogP) is 0.156. The fraction of sp³-hybridized carbons (Fsp3) is 0.818. The molecule has 90 valence electrons. The fourth-order valence-corrected chi connectivity index (χ4v) is 2.37. The Hall–Kier alpha value is -1.10. The molecule has 0 aromatic carbocycles. The summed E-state index contributed by atoms with van der Waals surface area (Å²) in [6.45, 7) is 1.58. The number of carbonyl (C=O) groups excluding carboxylic acids is 1. The van der Waals surface area contributed by atoms with E-state index < -0.39 is 12.0 Å². The Morgan fingerprint density at radius 3 is 2.69 bits per heavy atom. The Morgan fingerprint density at radius 2 is 2.12 bits per heavy atom. The van der Waals surface area contributed by atoms with E-state index in [0.717, 1.165) is 32.4 Å². The second-order valence-electron chi connectivity index (χ2n) is 4.70. The van der Waals surface area contributed by atoms with E-state index >= 15 is 0 Å². The first-order chi connectivity index (χ1) is 7.59. The van der Waals surface area contributed by atoms with Crippen LogP contribution in [0.1, 0.15) is 25.7 Å². The van der Waals surface area contributed by atoms with Crippen LogP contribution < -0.4 is 0 Å². The molecule has 1 heterocycles. The number of amides is 1. The van der Waals surface area contributed by atoms with Crippen molar-refractivity contribution in [3.63, 3.8) is 0 Å². The maximum atomic E-state index is 12.0. The predicted molar refractivity (Wildman–Crippen MR) is 58.0 cm³/mol. The smallest absolute Gasteiger partial charge is 0.305 e. The van der Waals surface area contributed by atoms with E-state index in [4.69, 9.17) is 5.11 Å². The Morgan fingerprint density at radius 1 is 1.44 bits per heavy atom. The molecule has 16 heavy (non-hydrogen) atoms. The molecule has 0 aromatic heterocycles. The van der Waals surface area contributed by atoms with Gasteiger partial charge in [0.05, 0.1) is 6.42 Å². The van der Waals surface area contributed by atoms with Crippen molar-refractivity contribution in [3.8, 4) is 0 Å². The Labute approximate surface area is 95.0 Å². The van der Waals surface area contributed by atoms with E-state index in [1.807, 2.05) is 0 Å². The molecule has 0 aromatic rings. The van der Waals surface area contributed by atoms with Crippen LogP contribution in [0.5, 0.6) is 0 Å². The van der Waals surface area contributed by atoms with E-state index in [0.29, 0.717) is 6.04 Å². The third kappa shape index (κ3) is 2.35. The lowest BCUT2D eigenvalue weighted by molar-refractivity contribution is -0.144. The van der Waals surface area contributed by atoms with E-state index in [2.05, 4.69) is 4.90 Å². The normalized spacial score (nSPS) is 27.9. The van der Waals surface area contributed by atoms with E-state index in [-0.39, 0.29) is 12.3 Å². The van der Waals surface area contributed by atoms with Crippen molar-refractivity contribution in [2.75, 3.05) is 20.1 Å². The Bertz CT molecular complexity index is 302. The minimum absolute atomic E-state index is 0.0354. The summed E-state index contributed by atoms with van der Waals surface area (Å²) in [5.41, 5.74) is 0. The minimum atomic E-state index is -0.890. The van der Waals surface area contributed by atoms with Gasteiger partial charge in [0, 0.05) is 26.2 Å². The molecule has 2 rings (SSSR count). The number of carboxylic acid groups (broad SMARTS) is 1. The van der Waals surface area contributed by atoms with Crippen LogP contribution in [0, 0.1) is 0 Å².